The summed E-state index contributed by atoms with van der Waals surface area (Å²) in [5.41, 5.74) is 2.30. The minimum absolute atomic E-state index is 0.138. The van der Waals surface area contributed by atoms with E-state index in [4.69, 9.17) is 9.47 Å². The van der Waals surface area contributed by atoms with E-state index in [-0.39, 0.29) is 5.60 Å². The quantitative estimate of drug-likeness (QED) is 0.545. The SMILES string of the molecule is COC1(c2cccc(OCc3ccc4ccccc4c3)c2)CCCCC1. The highest BCUT2D eigenvalue weighted by atomic mass is 16.5. The van der Waals surface area contributed by atoms with Crippen molar-refractivity contribution in [2.45, 2.75) is 44.3 Å². The van der Waals surface area contributed by atoms with Gasteiger partial charge in [0.1, 0.15) is 12.4 Å². The molecule has 0 aliphatic heterocycles. The Bertz CT molecular complexity index is 878. The Morgan fingerprint density at radius 1 is 0.808 bits per heavy atom. The van der Waals surface area contributed by atoms with Gasteiger partial charge in [-0.3, -0.25) is 0 Å². The van der Waals surface area contributed by atoms with E-state index >= 15 is 0 Å². The van der Waals surface area contributed by atoms with Gasteiger partial charge in [-0.25, -0.2) is 0 Å². The van der Waals surface area contributed by atoms with E-state index in [1.54, 1.807) is 0 Å². The van der Waals surface area contributed by atoms with Crippen LogP contribution in [-0.2, 0) is 16.9 Å². The number of rotatable bonds is 5. The number of hydrogen-bond acceptors (Lipinski definition) is 2. The van der Waals surface area contributed by atoms with Crippen LogP contribution >= 0.6 is 0 Å². The smallest absolute Gasteiger partial charge is 0.120 e. The van der Waals surface area contributed by atoms with Gasteiger partial charge in [0.05, 0.1) is 5.60 Å². The van der Waals surface area contributed by atoms with E-state index in [1.165, 1.54) is 41.2 Å². The molecule has 2 heteroatoms. The lowest BCUT2D eigenvalue weighted by Crippen LogP contribution is -2.31. The van der Waals surface area contributed by atoms with Gasteiger partial charge in [-0.15, -0.1) is 0 Å². The molecule has 0 unspecified atom stereocenters. The largest absolute Gasteiger partial charge is 0.489 e. The van der Waals surface area contributed by atoms with Crippen molar-refractivity contribution in [3.05, 3.63) is 77.9 Å². The molecule has 4 rings (SSSR count). The summed E-state index contributed by atoms with van der Waals surface area (Å²) in [7, 11) is 1.84. The van der Waals surface area contributed by atoms with Crippen LogP contribution in [-0.4, -0.2) is 7.11 Å². The van der Waals surface area contributed by atoms with Crippen LogP contribution < -0.4 is 4.74 Å². The van der Waals surface area contributed by atoms with E-state index < -0.39 is 0 Å². The fraction of sp³-hybridized carbons (Fsp3) is 0.333. The number of hydrogen-bond donors (Lipinski definition) is 0. The molecular weight excluding hydrogens is 320 g/mol. The summed E-state index contributed by atoms with van der Waals surface area (Å²) in [6.07, 6.45) is 5.96. The van der Waals surface area contributed by atoms with Gasteiger partial charge in [0.25, 0.3) is 0 Å². The highest BCUT2D eigenvalue weighted by Gasteiger charge is 2.33. The van der Waals surface area contributed by atoms with Gasteiger partial charge in [-0.2, -0.15) is 0 Å². The van der Waals surface area contributed by atoms with Crippen molar-refractivity contribution in [2.75, 3.05) is 7.11 Å². The van der Waals surface area contributed by atoms with Gasteiger partial charge in [0.2, 0.25) is 0 Å². The maximum atomic E-state index is 6.11. The average molecular weight is 346 g/mol. The molecule has 0 radical (unpaired) electrons. The molecule has 0 atom stereocenters. The fourth-order valence-corrected chi connectivity index (χ4v) is 4.10. The van der Waals surface area contributed by atoms with Crippen LogP contribution in [0.25, 0.3) is 10.8 Å². The van der Waals surface area contributed by atoms with E-state index in [1.807, 2.05) is 13.2 Å². The zero-order chi connectivity index (χ0) is 17.8. The summed E-state index contributed by atoms with van der Waals surface area (Å²) in [6.45, 7) is 0.578. The lowest BCUT2D eigenvalue weighted by Gasteiger charge is -2.36. The van der Waals surface area contributed by atoms with Crippen LogP contribution in [0.4, 0.5) is 0 Å². The van der Waals surface area contributed by atoms with Gasteiger partial charge in [-0.05, 0) is 52.9 Å². The number of methoxy groups -OCH3 is 1. The van der Waals surface area contributed by atoms with Gasteiger partial charge in [-0.1, -0.05) is 67.8 Å². The van der Waals surface area contributed by atoms with Crippen LogP contribution in [0.2, 0.25) is 0 Å². The third kappa shape index (κ3) is 3.47. The Hall–Kier alpha value is -2.32. The first-order valence-corrected chi connectivity index (χ1v) is 9.55. The van der Waals surface area contributed by atoms with Gasteiger partial charge < -0.3 is 9.47 Å². The van der Waals surface area contributed by atoms with Crippen LogP contribution in [0.3, 0.4) is 0 Å². The van der Waals surface area contributed by atoms with E-state index in [0.29, 0.717) is 6.61 Å². The van der Waals surface area contributed by atoms with Crippen LogP contribution in [0.15, 0.2) is 66.7 Å². The summed E-state index contributed by atoms with van der Waals surface area (Å²) in [6, 6.07) is 23.4. The fourth-order valence-electron chi connectivity index (χ4n) is 4.10. The third-order valence-electron chi connectivity index (χ3n) is 5.63. The Morgan fingerprint density at radius 3 is 2.42 bits per heavy atom. The van der Waals surface area contributed by atoms with E-state index in [0.717, 1.165) is 18.6 Å². The molecule has 1 aliphatic rings. The summed E-state index contributed by atoms with van der Waals surface area (Å²) < 4.78 is 12.1. The normalized spacial score (nSPS) is 16.5. The number of fused-ring (bicyclic) bond motifs is 1. The second-order valence-corrected chi connectivity index (χ2v) is 7.26. The van der Waals surface area contributed by atoms with Crippen molar-refractivity contribution in [1.82, 2.24) is 0 Å². The molecule has 0 amide bonds. The first-order valence-electron chi connectivity index (χ1n) is 9.55. The van der Waals surface area contributed by atoms with Gasteiger partial charge in [0, 0.05) is 7.11 Å². The Morgan fingerprint density at radius 2 is 1.62 bits per heavy atom. The highest BCUT2D eigenvalue weighted by molar-refractivity contribution is 5.82. The molecule has 1 aliphatic carbocycles. The lowest BCUT2D eigenvalue weighted by molar-refractivity contribution is -0.0446. The summed E-state index contributed by atoms with van der Waals surface area (Å²) >= 11 is 0. The molecule has 1 fully saturated rings. The first kappa shape index (κ1) is 17.1. The first-order chi connectivity index (χ1) is 12.8. The van der Waals surface area contributed by atoms with E-state index in [9.17, 15) is 0 Å². The molecule has 0 spiro atoms. The zero-order valence-electron chi connectivity index (χ0n) is 15.4. The van der Waals surface area contributed by atoms with Crippen molar-refractivity contribution in [3.8, 4) is 5.75 Å². The Labute approximate surface area is 155 Å². The predicted octanol–water partition coefficient (Wildman–Crippen LogP) is 6.22. The molecule has 0 saturated heterocycles. The second-order valence-electron chi connectivity index (χ2n) is 7.26. The minimum Gasteiger partial charge on any atom is -0.489 e. The highest BCUT2D eigenvalue weighted by Crippen LogP contribution is 2.40. The van der Waals surface area contributed by atoms with Gasteiger partial charge in [0.15, 0.2) is 0 Å². The average Bonchev–Trinajstić information content (AvgIpc) is 2.73. The third-order valence-corrected chi connectivity index (χ3v) is 5.63. The monoisotopic (exact) mass is 346 g/mol. The molecular formula is C24H26O2. The maximum Gasteiger partial charge on any atom is 0.120 e. The minimum atomic E-state index is -0.138. The molecule has 0 aromatic heterocycles. The van der Waals surface area contributed by atoms with Crippen molar-refractivity contribution < 1.29 is 9.47 Å². The molecule has 134 valence electrons. The van der Waals surface area contributed by atoms with Crippen molar-refractivity contribution >= 4 is 10.8 Å². The summed E-state index contributed by atoms with van der Waals surface area (Å²) in [4.78, 5) is 0. The van der Waals surface area contributed by atoms with Gasteiger partial charge >= 0.3 is 0 Å². The molecule has 3 aromatic carbocycles. The summed E-state index contributed by atoms with van der Waals surface area (Å²) in [5, 5.41) is 2.51. The molecule has 0 bridgehead atoms. The van der Waals surface area contributed by atoms with Crippen molar-refractivity contribution in [2.24, 2.45) is 0 Å². The molecule has 0 N–H and O–H groups in total. The van der Waals surface area contributed by atoms with Crippen molar-refractivity contribution in [1.29, 1.82) is 0 Å². The standard InChI is InChI=1S/C24H26O2/c1-25-24(14-5-2-6-15-24)22-10-7-11-23(17-22)26-18-19-12-13-20-8-3-4-9-21(20)16-19/h3-4,7-13,16-17H,2,5-6,14-15,18H2,1H3. The Kier molecular flexibility index (Phi) is 4.94. The number of ether oxygens (including phenoxy) is 2. The van der Waals surface area contributed by atoms with Crippen LogP contribution in [0.5, 0.6) is 5.75 Å². The molecule has 2 nitrogen and oxygen atoms in total. The summed E-state index contributed by atoms with van der Waals surface area (Å²) in [5.74, 6) is 0.914. The molecule has 26 heavy (non-hydrogen) atoms. The molecule has 0 heterocycles. The maximum absolute atomic E-state index is 6.11. The second kappa shape index (κ2) is 7.51. The Balaban J connectivity index is 1.51. The number of benzene rings is 3. The topological polar surface area (TPSA) is 18.5 Å². The van der Waals surface area contributed by atoms with Crippen molar-refractivity contribution in [3.63, 3.8) is 0 Å². The van der Waals surface area contributed by atoms with E-state index in [2.05, 4.69) is 60.7 Å². The zero-order valence-corrected chi connectivity index (χ0v) is 15.4. The molecule has 3 aromatic rings. The van der Waals surface area contributed by atoms with Crippen LogP contribution in [0.1, 0.15) is 43.2 Å². The van der Waals surface area contributed by atoms with Crippen LogP contribution in [0, 0.1) is 0 Å². The lowest BCUT2D eigenvalue weighted by atomic mass is 9.79. The predicted molar refractivity (Wildman–Crippen MR) is 106 cm³/mol. The molecule has 1 saturated carbocycles.